The average Bonchev–Trinajstić information content (AvgIpc) is 2.84. The van der Waals surface area contributed by atoms with Gasteiger partial charge in [-0.05, 0) is 36.2 Å². The van der Waals surface area contributed by atoms with E-state index in [1.54, 1.807) is 12.3 Å². The lowest BCUT2D eigenvalue weighted by Crippen LogP contribution is -1.78. The van der Waals surface area contributed by atoms with Gasteiger partial charge in [0.25, 0.3) is 0 Å². The Morgan fingerprint density at radius 3 is 2.94 bits per heavy atom. The van der Waals surface area contributed by atoms with Crippen molar-refractivity contribution in [1.82, 2.24) is 15.0 Å². The first-order valence-electron chi connectivity index (χ1n) is 4.80. The first-order chi connectivity index (χ1) is 7.75. The minimum atomic E-state index is 0.330. The molecule has 0 spiro atoms. The van der Waals surface area contributed by atoms with Gasteiger partial charge in [0.15, 0.2) is 5.65 Å². The van der Waals surface area contributed by atoms with Crippen LogP contribution >= 0.6 is 11.6 Å². The summed E-state index contributed by atoms with van der Waals surface area (Å²) in [6, 6.07) is 3.71. The van der Waals surface area contributed by atoms with Crippen molar-refractivity contribution < 1.29 is 4.42 Å². The van der Waals surface area contributed by atoms with Crippen LogP contribution in [0.5, 0.6) is 0 Å². The molecule has 80 valence electrons. The first kappa shape index (κ1) is 9.42. The Kier molecular flexibility index (Phi) is 1.97. The Morgan fingerprint density at radius 2 is 2.25 bits per heavy atom. The van der Waals surface area contributed by atoms with Crippen LogP contribution in [0.2, 0.25) is 5.22 Å². The molecule has 3 aromatic heterocycles. The van der Waals surface area contributed by atoms with E-state index >= 15 is 0 Å². The van der Waals surface area contributed by atoms with Crippen LogP contribution in [0.15, 0.2) is 29.0 Å². The van der Waals surface area contributed by atoms with E-state index in [4.69, 9.17) is 16.0 Å². The van der Waals surface area contributed by atoms with Gasteiger partial charge in [0.05, 0.1) is 17.3 Å². The van der Waals surface area contributed by atoms with Crippen molar-refractivity contribution in [2.75, 3.05) is 0 Å². The third-order valence-corrected chi connectivity index (χ3v) is 2.77. The minimum absolute atomic E-state index is 0.330. The Hall–Kier alpha value is -1.81. The summed E-state index contributed by atoms with van der Waals surface area (Å²) in [6.07, 6.45) is 3.27. The molecule has 0 bridgehead atoms. The number of H-pyrrole nitrogens is 1. The molecule has 0 aliphatic rings. The molecule has 3 heterocycles. The standard InChI is InChI=1S/C11H8ClN3O/c1-6-2-4-13-11-8(6)14-10(15-11)7-3-5-16-9(7)12/h2-5H,1H3,(H,13,14,15). The number of hydrogen-bond acceptors (Lipinski definition) is 3. The summed E-state index contributed by atoms with van der Waals surface area (Å²) in [6.45, 7) is 2.00. The van der Waals surface area contributed by atoms with Gasteiger partial charge >= 0.3 is 0 Å². The number of furan rings is 1. The number of aromatic nitrogens is 3. The lowest BCUT2D eigenvalue weighted by molar-refractivity contribution is 0.570. The Morgan fingerprint density at radius 1 is 1.38 bits per heavy atom. The third-order valence-electron chi connectivity index (χ3n) is 2.47. The predicted octanol–water partition coefficient (Wildman–Crippen LogP) is 3.18. The van der Waals surface area contributed by atoms with Gasteiger partial charge in [-0.15, -0.1) is 0 Å². The fourth-order valence-electron chi connectivity index (χ4n) is 1.63. The molecule has 0 saturated carbocycles. The SMILES string of the molecule is Cc1ccnc2nc(-c3ccoc3Cl)[nH]c12. The number of imidazole rings is 1. The zero-order chi connectivity index (χ0) is 11.1. The van der Waals surface area contributed by atoms with Crippen LogP contribution in [-0.2, 0) is 0 Å². The van der Waals surface area contributed by atoms with Gasteiger partial charge in [0, 0.05) is 6.20 Å². The van der Waals surface area contributed by atoms with Crippen LogP contribution in [0.1, 0.15) is 5.56 Å². The van der Waals surface area contributed by atoms with Crippen molar-refractivity contribution in [2.45, 2.75) is 6.92 Å². The summed E-state index contributed by atoms with van der Waals surface area (Å²) in [4.78, 5) is 11.7. The first-order valence-corrected chi connectivity index (χ1v) is 5.18. The third kappa shape index (κ3) is 1.31. The zero-order valence-electron chi connectivity index (χ0n) is 8.49. The number of nitrogens with zero attached hydrogens (tertiary/aromatic N) is 2. The number of nitrogens with one attached hydrogen (secondary N) is 1. The van der Waals surface area contributed by atoms with E-state index in [2.05, 4.69) is 15.0 Å². The summed E-state index contributed by atoms with van der Waals surface area (Å²) in [5.74, 6) is 0.676. The number of hydrogen-bond donors (Lipinski definition) is 1. The zero-order valence-corrected chi connectivity index (χ0v) is 9.25. The highest BCUT2D eigenvalue weighted by Gasteiger charge is 2.12. The van der Waals surface area contributed by atoms with Crippen LogP contribution in [0.25, 0.3) is 22.6 Å². The van der Waals surface area contributed by atoms with Gasteiger partial charge in [-0.25, -0.2) is 9.97 Å². The lowest BCUT2D eigenvalue weighted by Gasteiger charge is -1.91. The molecule has 1 N–H and O–H groups in total. The van der Waals surface area contributed by atoms with Crippen LogP contribution < -0.4 is 0 Å². The maximum Gasteiger partial charge on any atom is 0.203 e. The Balaban J connectivity index is 2.27. The molecule has 3 rings (SSSR count). The molecule has 0 aliphatic heterocycles. The van der Waals surface area contributed by atoms with Crippen molar-refractivity contribution in [3.8, 4) is 11.4 Å². The van der Waals surface area contributed by atoms with Crippen molar-refractivity contribution in [3.05, 3.63) is 35.4 Å². The van der Waals surface area contributed by atoms with Crippen molar-refractivity contribution in [2.24, 2.45) is 0 Å². The minimum Gasteiger partial charge on any atom is -0.452 e. The Bertz CT molecular complexity index is 656. The molecule has 5 heteroatoms. The van der Waals surface area contributed by atoms with Gasteiger partial charge in [-0.2, -0.15) is 0 Å². The fraction of sp³-hybridized carbons (Fsp3) is 0.0909. The van der Waals surface area contributed by atoms with Crippen molar-refractivity contribution >= 4 is 22.8 Å². The molecular formula is C11H8ClN3O. The molecule has 0 saturated heterocycles. The van der Waals surface area contributed by atoms with E-state index in [0.29, 0.717) is 16.7 Å². The Labute approximate surface area is 96.3 Å². The summed E-state index contributed by atoms with van der Waals surface area (Å²) >= 11 is 5.89. The van der Waals surface area contributed by atoms with Gasteiger partial charge in [0.2, 0.25) is 5.22 Å². The second kappa shape index (κ2) is 3.35. The molecule has 0 amide bonds. The molecule has 0 aromatic carbocycles. The van der Waals surface area contributed by atoms with Gasteiger partial charge < -0.3 is 9.40 Å². The molecule has 3 aromatic rings. The van der Waals surface area contributed by atoms with Crippen molar-refractivity contribution in [3.63, 3.8) is 0 Å². The number of aromatic amines is 1. The molecule has 0 aliphatic carbocycles. The summed E-state index contributed by atoms with van der Waals surface area (Å²) in [5.41, 5.74) is 3.46. The highest BCUT2D eigenvalue weighted by atomic mass is 35.5. The molecule has 4 nitrogen and oxygen atoms in total. The maximum absolute atomic E-state index is 5.89. The summed E-state index contributed by atoms with van der Waals surface area (Å²) in [7, 11) is 0. The average molecular weight is 234 g/mol. The topological polar surface area (TPSA) is 54.7 Å². The van der Waals surface area contributed by atoms with Crippen molar-refractivity contribution in [1.29, 1.82) is 0 Å². The fourth-order valence-corrected chi connectivity index (χ4v) is 1.83. The summed E-state index contributed by atoms with van der Waals surface area (Å²) in [5, 5.41) is 0.330. The smallest absolute Gasteiger partial charge is 0.203 e. The number of halogens is 1. The maximum atomic E-state index is 5.89. The number of fused-ring (bicyclic) bond motifs is 1. The molecule has 0 fully saturated rings. The second-order valence-corrected chi connectivity index (χ2v) is 3.86. The quantitative estimate of drug-likeness (QED) is 0.702. The van der Waals surface area contributed by atoms with Gasteiger partial charge in [0.1, 0.15) is 5.82 Å². The van der Waals surface area contributed by atoms with Crippen LogP contribution in [-0.4, -0.2) is 15.0 Å². The van der Waals surface area contributed by atoms with E-state index in [9.17, 15) is 0 Å². The highest BCUT2D eigenvalue weighted by Crippen LogP contribution is 2.28. The lowest BCUT2D eigenvalue weighted by atomic mass is 10.3. The molecule has 0 atom stereocenters. The number of aryl methyl sites for hydroxylation is 1. The van der Waals surface area contributed by atoms with E-state index in [1.807, 2.05) is 13.0 Å². The normalized spacial score (nSPS) is 11.1. The molecule has 0 unspecified atom stereocenters. The molecular weight excluding hydrogens is 226 g/mol. The second-order valence-electron chi connectivity index (χ2n) is 3.52. The van der Waals surface area contributed by atoms with E-state index in [0.717, 1.165) is 16.6 Å². The molecule has 16 heavy (non-hydrogen) atoms. The largest absolute Gasteiger partial charge is 0.452 e. The number of pyridine rings is 1. The predicted molar refractivity (Wildman–Crippen MR) is 61.3 cm³/mol. The van der Waals surface area contributed by atoms with Crippen LogP contribution in [0.4, 0.5) is 0 Å². The van der Waals surface area contributed by atoms with E-state index in [-0.39, 0.29) is 0 Å². The highest BCUT2D eigenvalue weighted by molar-refractivity contribution is 6.31. The van der Waals surface area contributed by atoms with Crippen LogP contribution in [0, 0.1) is 6.92 Å². The summed E-state index contributed by atoms with van der Waals surface area (Å²) < 4.78 is 5.03. The monoisotopic (exact) mass is 233 g/mol. The number of rotatable bonds is 1. The van der Waals surface area contributed by atoms with Gasteiger partial charge in [-0.3, -0.25) is 0 Å². The van der Waals surface area contributed by atoms with Gasteiger partial charge in [-0.1, -0.05) is 0 Å². The van der Waals surface area contributed by atoms with E-state index < -0.39 is 0 Å². The molecule has 0 radical (unpaired) electrons. The van der Waals surface area contributed by atoms with Crippen LogP contribution in [0.3, 0.4) is 0 Å². The van der Waals surface area contributed by atoms with E-state index in [1.165, 1.54) is 6.26 Å².